The van der Waals surface area contributed by atoms with E-state index >= 15 is 0 Å². The third-order valence-corrected chi connectivity index (χ3v) is 2.20. The molecular weight excluding hydrogens is 212 g/mol. The van der Waals surface area contributed by atoms with Gasteiger partial charge in [-0.25, -0.2) is 0 Å². The van der Waals surface area contributed by atoms with Crippen LogP contribution in [0.1, 0.15) is 40.0 Å². The van der Waals surface area contributed by atoms with Crippen LogP contribution in [0.5, 0.6) is 0 Å². The van der Waals surface area contributed by atoms with Gasteiger partial charge in [0.1, 0.15) is 0 Å². The lowest BCUT2D eigenvalue weighted by molar-refractivity contribution is -0.123. The van der Waals surface area contributed by atoms with E-state index in [1.165, 1.54) is 0 Å². The molecular formula is C11H25ClN2O. The van der Waals surface area contributed by atoms with Gasteiger partial charge in [0.2, 0.25) is 5.91 Å². The minimum absolute atomic E-state index is 0. The monoisotopic (exact) mass is 236 g/mol. The first kappa shape index (κ1) is 17.1. The Balaban J connectivity index is 0. The van der Waals surface area contributed by atoms with Crippen LogP contribution in [0.25, 0.3) is 0 Å². The highest BCUT2D eigenvalue weighted by Gasteiger charge is 2.16. The molecule has 0 aliphatic rings. The fraction of sp³-hybridized carbons (Fsp3) is 0.909. The smallest absolute Gasteiger partial charge is 0.237 e. The highest BCUT2D eigenvalue weighted by Crippen LogP contribution is 2.04. The molecule has 0 aromatic carbocycles. The molecule has 0 rings (SSSR count). The molecule has 0 heterocycles. The summed E-state index contributed by atoms with van der Waals surface area (Å²) in [6.45, 7) is 7.18. The fourth-order valence-electron chi connectivity index (χ4n) is 1.34. The van der Waals surface area contributed by atoms with Crippen molar-refractivity contribution in [1.82, 2.24) is 10.6 Å². The molecule has 0 spiro atoms. The highest BCUT2D eigenvalue weighted by atomic mass is 35.5. The van der Waals surface area contributed by atoms with Crippen molar-refractivity contribution in [2.75, 3.05) is 13.6 Å². The van der Waals surface area contributed by atoms with E-state index in [2.05, 4.69) is 31.4 Å². The molecule has 1 amide bonds. The van der Waals surface area contributed by atoms with Crippen molar-refractivity contribution in [1.29, 1.82) is 0 Å². The normalized spacial score (nSPS) is 12.1. The van der Waals surface area contributed by atoms with Crippen molar-refractivity contribution in [3.05, 3.63) is 0 Å². The molecule has 0 saturated heterocycles. The van der Waals surface area contributed by atoms with Gasteiger partial charge in [-0.1, -0.05) is 27.2 Å². The maximum atomic E-state index is 11.6. The van der Waals surface area contributed by atoms with Gasteiger partial charge in [0.15, 0.2) is 0 Å². The van der Waals surface area contributed by atoms with Gasteiger partial charge in [0.05, 0.1) is 6.04 Å². The Morgan fingerprint density at radius 2 is 1.93 bits per heavy atom. The van der Waals surface area contributed by atoms with Crippen LogP contribution in [0.4, 0.5) is 0 Å². The van der Waals surface area contributed by atoms with E-state index in [1.807, 2.05) is 7.05 Å². The highest BCUT2D eigenvalue weighted by molar-refractivity contribution is 5.85. The maximum absolute atomic E-state index is 11.6. The Labute approximate surface area is 99.8 Å². The minimum Gasteiger partial charge on any atom is -0.355 e. The molecule has 0 aliphatic heterocycles. The van der Waals surface area contributed by atoms with Gasteiger partial charge < -0.3 is 10.6 Å². The average Bonchev–Trinajstić information content (AvgIpc) is 2.14. The topological polar surface area (TPSA) is 41.1 Å². The molecule has 92 valence electrons. The number of unbranched alkanes of at least 4 members (excludes halogenated alkanes) is 1. The second kappa shape index (κ2) is 10.2. The average molecular weight is 237 g/mol. The first-order valence-electron chi connectivity index (χ1n) is 5.56. The van der Waals surface area contributed by atoms with Crippen molar-refractivity contribution in [2.45, 2.75) is 46.1 Å². The van der Waals surface area contributed by atoms with Crippen LogP contribution >= 0.6 is 12.4 Å². The van der Waals surface area contributed by atoms with Gasteiger partial charge in [-0.05, 0) is 25.8 Å². The Kier molecular flexibility index (Phi) is 11.7. The van der Waals surface area contributed by atoms with Gasteiger partial charge in [0.25, 0.3) is 0 Å². The number of carbonyl (C=O) groups excluding carboxylic acids is 1. The Morgan fingerprint density at radius 1 is 1.33 bits per heavy atom. The van der Waals surface area contributed by atoms with Crippen LogP contribution < -0.4 is 10.6 Å². The number of rotatable bonds is 7. The first-order chi connectivity index (χ1) is 6.61. The van der Waals surface area contributed by atoms with E-state index < -0.39 is 0 Å². The zero-order valence-corrected chi connectivity index (χ0v) is 11.1. The lowest BCUT2D eigenvalue weighted by Gasteiger charge is -2.17. The Bertz CT molecular complexity index is 163. The molecule has 0 bridgehead atoms. The molecule has 4 heteroatoms. The van der Waals surface area contributed by atoms with E-state index in [-0.39, 0.29) is 24.4 Å². The summed E-state index contributed by atoms with van der Waals surface area (Å²) in [7, 11) is 1.84. The molecule has 0 radical (unpaired) electrons. The molecule has 3 nitrogen and oxygen atoms in total. The molecule has 0 unspecified atom stereocenters. The van der Waals surface area contributed by atoms with Crippen LogP contribution in [0.2, 0.25) is 0 Å². The predicted molar refractivity (Wildman–Crippen MR) is 67.5 cm³/mol. The lowest BCUT2D eigenvalue weighted by atomic mass is 10.0. The Morgan fingerprint density at radius 3 is 2.33 bits per heavy atom. The van der Waals surface area contributed by atoms with E-state index in [0.29, 0.717) is 5.92 Å². The SMILES string of the molecule is CCCCNC(=O)[C@H](CC(C)C)NC.Cl. The summed E-state index contributed by atoms with van der Waals surface area (Å²) in [5.74, 6) is 0.680. The van der Waals surface area contributed by atoms with Crippen molar-refractivity contribution >= 4 is 18.3 Å². The van der Waals surface area contributed by atoms with Crippen molar-refractivity contribution < 1.29 is 4.79 Å². The molecule has 0 fully saturated rings. The van der Waals surface area contributed by atoms with Crippen molar-refractivity contribution in [3.8, 4) is 0 Å². The van der Waals surface area contributed by atoms with Crippen molar-refractivity contribution in [2.24, 2.45) is 5.92 Å². The Hall–Kier alpha value is -0.280. The molecule has 0 aromatic rings. The van der Waals surface area contributed by atoms with E-state index in [0.717, 1.165) is 25.8 Å². The summed E-state index contributed by atoms with van der Waals surface area (Å²) in [5.41, 5.74) is 0. The molecule has 0 saturated carbocycles. The molecule has 15 heavy (non-hydrogen) atoms. The molecule has 0 aromatic heterocycles. The zero-order chi connectivity index (χ0) is 11.0. The summed E-state index contributed by atoms with van der Waals surface area (Å²) in [5, 5.41) is 5.99. The van der Waals surface area contributed by atoms with E-state index in [4.69, 9.17) is 0 Å². The molecule has 0 aliphatic carbocycles. The summed E-state index contributed by atoms with van der Waals surface area (Å²) in [6.07, 6.45) is 3.08. The van der Waals surface area contributed by atoms with Gasteiger partial charge in [-0.15, -0.1) is 12.4 Å². The zero-order valence-electron chi connectivity index (χ0n) is 10.3. The van der Waals surface area contributed by atoms with Crippen molar-refractivity contribution in [3.63, 3.8) is 0 Å². The number of nitrogens with one attached hydrogen (secondary N) is 2. The lowest BCUT2D eigenvalue weighted by Crippen LogP contribution is -2.43. The molecule has 1 atom stereocenters. The van der Waals surface area contributed by atoms with Gasteiger partial charge in [0, 0.05) is 6.54 Å². The van der Waals surface area contributed by atoms with E-state index in [1.54, 1.807) is 0 Å². The number of hydrogen-bond donors (Lipinski definition) is 2. The quantitative estimate of drug-likeness (QED) is 0.664. The standard InChI is InChI=1S/C11H24N2O.ClH/c1-5-6-7-13-11(14)10(12-4)8-9(2)3;/h9-10,12H,5-8H2,1-4H3,(H,13,14);1H/t10-;/m0./s1. The van der Waals surface area contributed by atoms with Crippen LogP contribution in [-0.4, -0.2) is 25.5 Å². The third-order valence-electron chi connectivity index (χ3n) is 2.20. The summed E-state index contributed by atoms with van der Waals surface area (Å²) < 4.78 is 0. The molecule has 2 N–H and O–H groups in total. The van der Waals surface area contributed by atoms with Crippen LogP contribution in [0.3, 0.4) is 0 Å². The third kappa shape index (κ3) is 8.70. The second-order valence-corrected chi connectivity index (χ2v) is 4.12. The number of hydrogen-bond acceptors (Lipinski definition) is 2. The first-order valence-corrected chi connectivity index (χ1v) is 5.56. The van der Waals surface area contributed by atoms with Crippen LogP contribution in [-0.2, 0) is 4.79 Å². The second-order valence-electron chi connectivity index (χ2n) is 4.12. The summed E-state index contributed by atoms with van der Waals surface area (Å²) in [6, 6.07) is -0.0353. The van der Waals surface area contributed by atoms with Crippen LogP contribution in [0.15, 0.2) is 0 Å². The fourth-order valence-corrected chi connectivity index (χ4v) is 1.34. The number of carbonyl (C=O) groups is 1. The minimum atomic E-state index is -0.0353. The maximum Gasteiger partial charge on any atom is 0.237 e. The van der Waals surface area contributed by atoms with Gasteiger partial charge in [-0.2, -0.15) is 0 Å². The number of amides is 1. The van der Waals surface area contributed by atoms with Gasteiger partial charge >= 0.3 is 0 Å². The predicted octanol–water partition coefficient (Wildman–Crippen LogP) is 1.96. The van der Waals surface area contributed by atoms with E-state index in [9.17, 15) is 4.79 Å². The number of likely N-dealkylation sites (N-methyl/N-ethyl adjacent to an activating group) is 1. The summed E-state index contributed by atoms with van der Waals surface area (Å²) in [4.78, 5) is 11.6. The van der Waals surface area contributed by atoms with Crippen LogP contribution in [0, 0.1) is 5.92 Å². The summed E-state index contributed by atoms with van der Waals surface area (Å²) >= 11 is 0. The largest absolute Gasteiger partial charge is 0.355 e. The number of halogens is 1. The van der Waals surface area contributed by atoms with Gasteiger partial charge in [-0.3, -0.25) is 4.79 Å².